The van der Waals surface area contributed by atoms with Gasteiger partial charge in [-0.25, -0.2) is 0 Å². The Morgan fingerprint density at radius 1 is 0.926 bits per heavy atom. The molecule has 2 fully saturated rings. The van der Waals surface area contributed by atoms with E-state index in [0.29, 0.717) is 17.6 Å². The molecule has 0 unspecified atom stereocenters. The monoisotopic (exact) mass is 482 g/mol. The van der Waals surface area contributed by atoms with Crippen LogP contribution < -0.4 is 0 Å². The second-order valence-corrected chi connectivity index (χ2v) is 23.7. The maximum absolute atomic E-state index is 12.9. The predicted molar refractivity (Wildman–Crippen MR) is 122 cm³/mol. The van der Waals surface area contributed by atoms with E-state index in [9.17, 15) is 4.79 Å². The van der Waals surface area contributed by atoms with Crippen LogP contribution in [0.3, 0.4) is 0 Å². The molecule has 1 nitrogen and oxygen atoms in total. The van der Waals surface area contributed by atoms with Gasteiger partial charge in [-0.15, -0.1) is 0 Å². The third-order valence-electron chi connectivity index (χ3n) is 8.18. The van der Waals surface area contributed by atoms with Crippen molar-refractivity contribution >= 4 is 24.2 Å². The number of hydrogen-bond acceptors (Lipinski definition) is 1. The Kier molecular flexibility index (Phi) is 8.53. The van der Waals surface area contributed by atoms with Crippen LogP contribution in [0.1, 0.15) is 99.3 Å². The van der Waals surface area contributed by atoms with Crippen molar-refractivity contribution in [2.75, 3.05) is 0 Å². The van der Waals surface area contributed by atoms with E-state index in [2.05, 4.69) is 51.7 Å². The van der Waals surface area contributed by atoms with Gasteiger partial charge >= 0.3 is 174 Å². The van der Waals surface area contributed by atoms with Crippen molar-refractivity contribution in [3.63, 3.8) is 0 Å². The van der Waals surface area contributed by atoms with Crippen LogP contribution in [-0.2, 0) is 4.79 Å². The fourth-order valence-electron chi connectivity index (χ4n) is 6.45. The van der Waals surface area contributed by atoms with Crippen LogP contribution in [-0.4, -0.2) is 24.2 Å². The molecule has 0 N–H and O–H groups in total. The molecular weight excluding hydrogens is 435 g/mol. The first-order valence-electron chi connectivity index (χ1n) is 12.0. The van der Waals surface area contributed by atoms with Crippen LogP contribution in [0.25, 0.3) is 0 Å². The van der Waals surface area contributed by atoms with Crippen LogP contribution in [0.5, 0.6) is 0 Å². The van der Waals surface area contributed by atoms with Crippen LogP contribution in [0.2, 0.25) is 13.3 Å². The molecular formula is C25H46OSn. The van der Waals surface area contributed by atoms with E-state index >= 15 is 0 Å². The van der Waals surface area contributed by atoms with Gasteiger partial charge in [-0.1, -0.05) is 0 Å². The summed E-state index contributed by atoms with van der Waals surface area (Å²) >= 11 is -2.27. The van der Waals surface area contributed by atoms with Crippen LogP contribution in [0.4, 0.5) is 0 Å². The molecule has 0 aromatic rings. The number of ketones is 1. The van der Waals surface area contributed by atoms with Gasteiger partial charge in [0.2, 0.25) is 0 Å². The Hall–Kier alpha value is 0.209. The first-order chi connectivity index (χ1) is 12.7. The number of carbonyl (C=O) groups excluding carboxylic acids is 1. The molecule has 2 rings (SSSR count). The number of carbonyl (C=O) groups is 1. The number of fused-ring (bicyclic) bond motifs is 2. The molecule has 2 saturated carbocycles. The SMILES string of the molecule is CCC[CH2][Sn](/[CH]=C\[C@]1(C)CC(=O)[C@@H]2CC[C@H]1C2(C)C)([CH2]CCC)[CH2]CCC. The molecule has 2 aliphatic carbocycles. The number of allylic oxidation sites excluding steroid dienone is 1. The third-order valence-corrected chi connectivity index (χ3v) is 22.2. The fraction of sp³-hybridized carbons (Fsp3) is 0.880. The second-order valence-electron chi connectivity index (χ2n) is 10.7. The maximum atomic E-state index is 12.9. The fourth-order valence-corrected chi connectivity index (χ4v) is 21.2. The molecule has 2 heteroatoms. The van der Waals surface area contributed by atoms with E-state index < -0.39 is 18.4 Å². The van der Waals surface area contributed by atoms with Gasteiger partial charge in [0.25, 0.3) is 0 Å². The molecule has 0 radical (unpaired) electrons. The van der Waals surface area contributed by atoms with Crippen molar-refractivity contribution in [3.05, 3.63) is 10.2 Å². The summed E-state index contributed by atoms with van der Waals surface area (Å²) in [6, 6.07) is 0. The van der Waals surface area contributed by atoms with Gasteiger partial charge in [-0.05, 0) is 0 Å². The van der Waals surface area contributed by atoms with Gasteiger partial charge in [0.05, 0.1) is 0 Å². The number of rotatable bonds is 11. The molecule has 0 heterocycles. The standard InChI is InChI=1S/C13H19O.3C4H9.Sn/c1-5-13(4)8-10(14)9-6-7-11(13)12(9,2)3;3*1-3-4-2;/h1,5,9,11H,6-8H2,2-4H3;3*1,3-4H2,2H3;/t9-,11-,13+;;;;/m0..../s1. The molecule has 0 saturated heterocycles. The van der Waals surface area contributed by atoms with Crippen LogP contribution in [0, 0.1) is 22.7 Å². The van der Waals surface area contributed by atoms with E-state index in [0.717, 1.165) is 12.8 Å². The summed E-state index contributed by atoms with van der Waals surface area (Å²) in [5.74, 6) is 1.58. The zero-order valence-electron chi connectivity index (χ0n) is 19.2. The van der Waals surface area contributed by atoms with Gasteiger partial charge < -0.3 is 0 Å². The summed E-state index contributed by atoms with van der Waals surface area (Å²) in [6.07, 6.45) is 14.1. The van der Waals surface area contributed by atoms with Crippen LogP contribution in [0.15, 0.2) is 10.2 Å². The van der Waals surface area contributed by atoms with Crippen molar-refractivity contribution in [1.82, 2.24) is 0 Å². The number of unbranched alkanes of at least 4 members (excludes halogenated alkanes) is 3. The molecule has 0 aromatic carbocycles. The topological polar surface area (TPSA) is 17.1 Å². The summed E-state index contributed by atoms with van der Waals surface area (Å²) in [6.45, 7) is 14.2. The molecule has 27 heavy (non-hydrogen) atoms. The molecule has 0 spiro atoms. The summed E-state index contributed by atoms with van der Waals surface area (Å²) in [4.78, 5) is 12.9. The average Bonchev–Trinajstić information content (AvgIpc) is 2.87. The van der Waals surface area contributed by atoms with Crippen molar-refractivity contribution in [2.45, 2.75) is 113 Å². The van der Waals surface area contributed by atoms with Gasteiger partial charge in [0.1, 0.15) is 0 Å². The van der Waals surface area contributed by atoms with E-state index in [1.807, 2.05) is 0 Å². The summed E-state index contributed by atoms with van der Waals surface area (Å²) in [5.41, 5.74) is 0.309. The summed E-state index contributed by atoms with van der Waals surface area (Å²) in [5, 5.41) is 0. The Morgan fingerprint density at radius 3 is 1.93 bits per heavy atom. The van der Waals surface area contributed by atoms with Crippen molar-refractivity contribution in [2.24, 2.45) is 22.7 Å². The predicted octanol–water partition coefficient (Wildman–Crippen LogP) is 7.96. The van der Waals surface area contributed by atoms with E-state index in [1.54, 1.807) is 0 Å². The minimum atomic E-state index is -2.27. The zero-order valence-corrected chi connectivity index (χ0v) is 22.1. The van der Waals surface area contributed by atoms with E-state index in [-0.39, 0.29) is 10.8 Å². The van der Waals surface area contributed by atoms with E-state index in [1.165, 1.54) is 58.3 Å². The summed E-state index contributed by atoms with van der Waals surface area (Å²) in [7, 11) is 0. The van der Waals surface area contributed by atoms with Crippen LogP contribution >= 0.6 is 0 Å². The normalized spacial score (nSPS) is 30.4. The molecule has 2 bridgehead atoms. The van der Waals surface area contributed by atoms with Gasteiger partial charge in [-0.3, -0.25) is 0 Å². The molecule has 2 aliphatic rings. The van der Waals surface area contributed by atoms with Gasteiger partial charge in [0.15, 0.2) is 0 Å². The minimum absolute atomic E-state index is 0.112. The molecule has 156 valence electrons. The zero-order chi connectivity index (χ0) is 20.1. The van der Waals surface area contributed by atoms with Crippen molar-refractivity contribution < 1.29 is 4.79 Å². The van der Waals surface area contributed by atoms with E-state index in [4.69, 9.17) is 0 Å². The van der Waals surface area contributed by atoms with Crippen molar-refractivity contribution in [3.8, 4) is 0 Å². The van der Waals surface area contributed by atoms with Gasteiger partial charge in [0, 0.05) is 0 Å². The quantitative estimate of drug-likeness (QED) is 0.274. The average molecular weight is 481 g/mol. The Morgan fingerprint density at radius 2 is 1.44 bits per heavy atom. The Bertz CT molecular complexity index is 499. The molecule has 0 aliphatic heterocycles. The second kappa shape index (κ2) is 9.81. The number of Topliss-reactive ketones (excluding diaryl/α,β-unsaturated/α-hetero) is 1. The Labute approximate surface area is 174 Å². The molecule has 3 atom stereocenters. The third kappa shape index (κ3) is 5.23. The van der Waals surface area contributed by atoms with Crippen molar-refractivity contribution in [1.29, 1.82) is 0 Å². The Balaban J connectivity index is 2.30. The number of hydrogen-bond donors (Lipinski definition) is 0. The summed E-state index contributed by atoms with van der Waals surface area (Å²) < 4.78 is 7.42. The molecule has 0 amide bonds. The first kappa shape index (κ1) is 23.5. The first-order valence-corrected chi connectivity index (χ1v) is 19.7. The molecule has 0 aromatic heterocycles. The van der Waals surface area contributed by atoms with Gasteiger partial charge in [-0.2, -0.15) is 0 Å².